The van der Waals surface area contributed by atoms with Gasteiger partial charge in [0.15, 0.2) is 10.0 Å². The van der Waals surface area contributed by atoms with Gasteiger partial charge < -0.3 is 0 Å². The summed E-state index contributed by atoms with van der Waals surface area (Å²) in [7, 11) is 0. The van der Waals surface area contributed by atoms with Crippen LogP contribution >= 0.6 is 38.6 Å². The molecule has 0 aliphatic rings. The molecule has 0 spiro atoms. The predicted molar refractivity (Wildman–Crippen MR) is 66.7 cm³/mol. The Kier molecular flexibility index (Phi) is 5.55. The van der Waals surface area contributed by atoms with Gasteiger partial charge in [0, 0.05) is 11.1 Å². The molecule has 0 fully saturated rings. The Bertz CT molecular complexity index is 509. The van der Waals surface area contributed by atoms with Gasteiger partial charge in [-0.3, -0.25) is 0 Å². The molecular weight excluding hydrogens is 394 g/mol. The molecule has 0 bridgehead atoms. The van der Waals surface area contributed by atoms with Gasteiger partial charge in [-0.25, -0.2) is 9.97 Å². The Morgan fingerprint density at radius 3 is 1.55 bits per heavy atom. The van der Waals surface area contributed by atoms with Crippen molar-refractivity contribution >= 4 is 38.6 Å². The fraction of sp³-hybridized carbons (Fsp3) is 0.333. The molecule has 0 atom stereocenters. The van der Waals surface area contributed by atoms with E-state index in [9.17, 15) is 26.3 Å². The topological polar surface area (TPSA) is 25.8 Å². The molecular formula is C9H5BrF6N2S2. The summed E-state index contributed by atoms with van der Waals surface area (Å²) < 4.78 is 70.8. The Balaban J connectivity index is 0.000000200. The third kappa shape index (κ3) is 5.37. The minimum Gasteiger partial charge on any atom is -0.240 e. The number of hydrogen-bond donors (Lipinski definition) is 0. The van der Waals surface area contributed by atoms with Gasteiger partial charge in [-0.15, -0.1) is 22.7 Å². The van der Waals surface area contributed by atoms with Crippen LogP contribution in [0.1, 0.15) is 14.9 Å². The maximum absolute atomic E-state index is 11.7. The lowest BCUT2D eigenvalue weighted by Gasteiger charge is -1.98. The van der Waals surface area contributed by atoms with Crippen molar-refractivity contribution in [2.75, 3.05) is 0 Å². The minimum absolute atomic E-state index is 0.389. The lowest BCUT2D eigenvalue weighted by Crippen LogP contribution is -2.02. The molecule has 2 nitrogen and oxygen atoms in total. The average molecular weight is 399 g/mol. The number of nitrogens with zero attached hydrogens (tertiary/aromatic N) is 2. The van der Waals surface area contributed by atoms with E-state index in [-0.39, 0.29) is 0 Å². The van der Waals surface area contributed by atoms with Gasteiger partial charge in [0.1, 0.15) is 0 Å². The van der Waals surface area contributed by atoms with E-state index < -0.39 is 22.4 Å². The van der Waals surface area contributed by atoms with Crippen LogP contribution in [-0.2, 0) is 12.4 Å². The van der Waals surface area contributed by atoms with E-state index in [1.165, 1.54) is 6.20 Å². The van der Waals surface area contributed by atoms with Gasteiger partial charge in [0.05, 0.1) is 9.98 Å². The number of thiazole rings is 2. The van der Waals surface area contributed by atoms with Gasteiger partial charge in [0.2, 0.25) is 0 Å². The van der Waals surface area contributed by atoms with Gasteiger partial charge in [-0.2, -0.15) is 26.3 Å². The standard InChI is InChI=1S/C5H4F3NS.C4HBrF3NS/c1-3-2-9-4(10-3)5(6,7)8;5-2-1-9-3(10-2)4(6,7)8/h2H,1H3;1H. The number of aromatic nitrogens is 2. The highest BCUT2D eigenvalue weighted by molar-refractivity contribution is 9.11. The van der Waals surface area contributed by atoms with E-state index >= 15 is 0 Å². The van der Waals surface area contributed by atoms with E-state index in [2.05, 4.69) is 25.9 Å². The molecule has 0 aliphatic carbocycles. The monoisotopic (exact) mass is 398 g/mol. The van der Waals surface area contributed by atoms with Crippen molar-refractivity contribution in [2.45, 2.75) is 19.3 Å². The lowest BCUT2D eigenvalue weighted by molar-refractivity contribution is -0.138. The molecule has 0 saturated heterocycles. The van der Waals surface area contributed by atoms with E-state index in [1.54, 1.807) is 6.92 Å². The number of alkyl halides is 6. The number of rotatable bonds is 0. The first kappa shape index (κ1) is 17.4. The zero-order valence-electron chi connectivity index (χ0n) is 9.51. The molecule has 2 aromatic heterocycles. The molecule has 2 aromatic rings. The number of aryl methyl sites for hydroxylation is 1. The van der Waals surface area contributed by atoms with Crippen molar-refractivity contribution in [1.29, 1.82) is 0 Å². The Morgan fingerprint density at radius 1 is 0.900 bits per heavy atom. The van der Waals surface area contributed by atoms with Crippen molar-refractivity contribution in [3.63, 3.8) is 0 Å². The van der Waals surface area contributed by atoms with E-state index in [0.29, 0.717) is 31.3 Å². The second kappa shape index (κ2) is 6.39. The Hall–Kier alpha value is -0.680. The minimum atomic E-state index is -4.31. The highest BCUT2D eigenvalue weighted by atomic mass is 79.9. The third-order valence-corrected chi connectivity index (χ3v) is 4.06. The summed E-state index contributed by atoms with van der Waals surface area (Å²) in [4.78, 5) is 6.89. The first-order chi connectivity index (χ1) is 9.00. The van der Waals surface area contributed by atoms with Gasteiger partial charge in [-0.05, 0) is 22.9 Å². The molecule has 0 saturated carbocycles. The number of halogens is 7. The van der Waals surface area contributed by atoms with Crippen molar-refractivity contribution in [3.8, 4) is 0 Å². The first-order valence-electron chi connectivity index (χ1n) is 4.68. The highest BCUT2D eigenvalue weighted by Crippen LogP contribution is 2.34. The fourth-order valence-electron chi connectivity index (χ4n) is 0.871. The van der Waals surface area contributed by atoms with E-state index in [1.807, 2.05) is 0 Å². The summed E-state index contributed by atoms with van der Waals surface area (Å²) in [5.41, 5.74) is 0. The molecule has 0 aliphatic heterocycles. The zero-order valence-corrected chi connectivity index (χ0v) is 12.7. The molecule has 0 N–H and O–H groups in total. The molecule has 0 radical (unpaired) electrons. The summed E-state index contributed by atoms with van der Waals surface area (Å²) in [6.45, 7) is 1.59. The summed E-state index contributed by atoms with van der Waals surface area (Å²) in [6.07, 6.45) is -6.24. The van der Waals surface area contributed by atoms with E-state index in [4.69, 9.17) is 0 Å². The van der Waals surface area contributed by atoms with Crippen LogP contribution in [0.2, 0.25) is 0 Å². The van der Waals surface area contributed by atoms with Gasteiger partial charge in [0.25, 0.3) is 0 Å². The third-order valence-electron chi connectivity index (χ3n) is 1.58. The maximum atomic E-state index is 11.7. The quantitative estimate of drug-likeness (QED) is 0.555. The molecule has 2 rings (SSSR count). The molecule has 20 heavy (non-hydrogen) atoms. The van der Waals surface area contributed by atoms with Crippen molar-refractivity contribution in [1.82, 2.24) is 9.97 Å². The Labute approximate surface area is 125 Å². The van der Waals surface area contributed by atoms with Gasteiger partial charge in [-0.1, -0.05) is 0 Å². The predicted octanol–water partition coefficient (Wildman–Crippen LogP) is 5.39. The van der Waals surface area contributed by atoms with Crippen LogP contribution in [0, 0.1) is 6.92 Å². The highest BCUT2D eigenvalue weighted by Gasteiger charge is 2.34. The van der Waals surface area contributed by atoms with Crippen molar-refractivity contribution in [3.05, 3.63) is 31.1 Å². The van der Waals surface area contributed by atoms with Crippen LogP contribution in [-0.4, -0.2) is 9.97 Å². The van der Waals surface area contributed by atoms with Crippen LogP contribution < -0.4 is 0 Å². The van der Waals surface area contributed by atoms with Crippen LogP contribution in [0.4, 0.5) is 26.3 Å². The molecule has 0 unspecified atom stereocenters. The molecule has 2 heterocycles. The maximum Gasteiger partial charge on any atom is 0.443 e. The smallest absolute Gasteiger partial charge is 0.240 e. The summed E-state index contributed by atoms with van der Waals surface area (Å²) in [6, 6.07) is 0. The SMILES string of the molecule is Cc1cnc(C(F)(F)F)s1.FC(F)(F)c1ncc(Br)s1. The molecule has 0 aromatic carbocycles. The number of hydrogen-bond acceptors (Lipinski definition) is 4. The second-order valence-electron chi connectivity index (χ2n) is 3.24. The van der Waals surface area contributed by atoms with Crippen LogP contribution in [0.5, 0.6) is 0 Å². The Morgan fingerprint density at radius 2 is 1.35 bits per heavy atom. The largest absolute Gasteiger partial charge is 0.443 e. The van der Waals surface area contributed by atoms with Crippen LogP contribution in [0.15, 0.2) is 16.2 Å². The zero-order chi connectivity index (χ0) is 15.6. The normalized spacial score (nSPS) is 12.0. The van der Waals surface area contributed by atoms with Crippen LogP contribution in [0.3, 0.4) is 0 Å². The van der Waals surface area contributed by atoms with Crippen molar-refractivity contribution in [2.24, 2.45) is 0 Å². The average Bonchev–Trinajstić information content (AvgIpc) is 2.85. The summed E-state index contributed by atoms with van der Waals surface area (Å²) in [5, 5.41) is -1.59. The fourth-order valence-corrected chi connectivity index (χ4v) is 2.58. The summed E-state index contributed by atoms with van der Waals surface area (Å²) >= 11 is 4.11. The second-order valence-corrected chi connectivity index (χ2v) is 6.89. The van der Waals surface area contributed by atoms with Crippen molar-refractivity contribution < 1.29 is 26.3 Å². The van der Waals surface area contributed by atoms with Crippen LogP contribution in [0.25, 0.3) is 0 Å². The first-order valence-corrected chi connectivity index (χ1v) is 7.11. The van der Waals surface area contributed by atoms with Gasteiger partial charge >= 0.3 is 12.4 Å². The molecule has 0 amide bonds. The lowest BCUT2D eigenvalue weighted by atomic mass is 10.6. The van der Waals surface area contributed by atoms with E-state index in [0.717, 1.165) is 6.20 Å². The summed E-state index contributed by atoms with van der Waals surface area (Å²) in [5.74, 6) is 0. The molecule has 112 valence electrons. The molecule has 11 heteroatoms.